The number of amides is 4. The number of carbonyl (C=O) groups is 5. The van der Waals surface area contributed by atoms with Gasteiger partial charge >= 0.3 is 5.97 Å². The molecule has 3 atom stereocenters. The number of nitrogens with one attached hydrogen (secondary N) is 2. The minimum atomic E-state index is -1.19. The van der Waals surface area contributed by atoms with Gasteiger partial charge in [0.05, 0.1) is 0 Å². The summed E-state index contributed by atoms with van der Waals surface area (Å²) in [5, 5.41) is 14.0. The number of carboxylic acid groups (broad SMARTS) is 1. The summed E-state index contributed by atoms with van der Waals surface area (Å²) in [6, 6.07) is 16.0. The van der Waals surface area contributed by atoms with E-state index >= 15 is 0 Å². The predicted molar refractivity (Wildman–Crippen MR) is 153 cm³/mol. The Morgan fingerprint density at radius 2 is 1.55 bits per heavy atom. The molecule has 0 aromatic heterocycles. The maximum absolute atomic E-state index is 12.8. The Balaban J connectivity index is 1.55. The number of nitrogens with two attached hydrogens (primary N) is 2. The number of aliphatic carboxylic acids is 1. The Labute approximate surface area is 237 Å². The van der Waals surface area contributed by atoms with Crippen LogP contribution in [-0.4, -0.2) is 52.5 Å². The number of carbonyl (C=O) groups excluding carboxylic acids is 4. The van der Waals surface area contributed by atoms with Crippen molar-refractivity contribution in [1.82, 2.24) is 10.6 Å². The van der Waals surface area contributed by atoms with Crippen molar-refractivity contribution in [3.05, 3.63) is 77.4 Å². The van der Waals surface area contributed by atoms with Crippen LogP contribution in [0.1, 0.15) is 54.7 Å². The van der Waals surface area contributed by atoms with E-state index in [1.165, 1.54) is 10.5 Å². The lowest BCUT2D eigenvalue weighted by atomic mass is 9.99. The van der Waals surface area contributed by atoms with Crippen molar-refractivity contribution in [2.24, 2.45) is 11.5 Å². The van der Waals surface area contributed by atoms with E-state index in [9.17, 15) is 24.0 Å². The van der Waals surface area contributed by atoms with Crippen LogP contribution in [0.4, 0.5) is 0 Å². The average molecular weight is 567 g/mol. The average Bonchev–Trinajstić information content (AvgIpc) is 3.43. The monoisotopic (exact) mass is 566 g/mol. The van der Waals surface area contributed by atoms with Crippen LogP contribution in [0.3, 0.4) is 0 Å². The highest BCUT2D eigenvalue weighted by molar-refractivity contribution is 8.08. The van der Waals surface area contributed by atoms with Crippen molar-refractivity contribution in [3.8, 4) is 0 Å². The third-order valence-electron chi connectivity index (χ3n) is 6.52. The molecule has 2 aromatic carbocycles. The lowest BCUT2D eigenvalue weighted by Crippen LogP contribution is -2.53. The van der Waals surface area contributed by atoms with Crippen molar-refractivity contribution in [2.75, 3.05) is 5.75 Å². The van der Waals surface area contributed by atoms with Gasteiger partial charge in [0.15, 0.2) is 0 Å². The number of hydrogen-bond donors (Lipinski definition) is 5. The van der Waals surface area contributed by atoms with E-state index in [2.05, 4.69) is 28.8 Å². The van der Waals surface area contributed by atoms with E-state index in [0.29, 0.717) is 12.3 Å². The molecule has 40 heavy (non-hydrogen) atoms. The van der Waals surface area contributed by atoms with Gasteiger partial charge in [0.2, 0.25) is 23.6 Å². The Hall–Kier alpha value is -4.12. The van der Waals surface area contributed by atoms with Gasteiger partial charge in [-0.3, -0.25) is 24.0 Å². The zero-order valence-electron chi connectivity index (χ0n) is 22.0. The van der Waals surface area contributed by atoms with Gasteiger partial charge in [-0.2, -0.15) is 0 Å². The highest BCUT2D eigenvalue weighted by Gasteiger charge is 2.26. The van der Waals surface area contributed by atoms with Crippen LogP contribution in [0.2, 0.25) is 0 Å². The van der Waals surface area contributed by atoms with E-state index in [-0.39, 0.29) is 32.1 Å². The summed E-state index contributed by atoms with van der Waals surface area (Å²) < 4.78 is 0. The van der Waals surface area contributed by atoms with Gasteiger partial charge in [-0.1, -0.05) is 60.7 Å². The van der Waals surface area contributed by atoms with E-state index < -0.39 is 41.7 Å². The lowest BCUT2D eigenvalue weighted by Gasteiger charge is -2.21. The molecule has 0 bridgehead atoms. The van der Waals surface area contributed by atoms with Gasteiger partial charge in [-0.15, -0.1) is 11.8 Å². The van der Waals surface area contributed by atoms with Crippen molar-refractivity contribution in [3.63, 3.8) is 0 Å². The molecule has 1 aliphatic heterocycles. The van der Waals surface area contributed by atoms with Crippen LogP contribution in [0.15, 0.2) is 60.7 Å². The Kier molecular flexibility index (Phi) is 11.3. The first-order valence-corrected chi connectivity index (χ1v) is 14.0. The summed E-state index contributed by atoms with van der Waals surface area (Å²) in [7, 11) is 0. The van der Waals surface area contributed by atoms with Gasteiger partial charge < -0.3 is 27.2 Å². The third kappa shape index (κ3) is 9.57. The normalized spacial score (nSPS) is 15.9. The molecule has 0 fully saturated rings. The first-order valence-electron chi connectivity index (χ1n) is 13.0. The molecule has 11 heteroatoms. The summed E-state index contributed by atoms with van der Waals surface area (Å²) >= 11 is 1.81. The standard InChI is InChI=1S/C29H34N4O6S/c30-25(34)13-11-22(28(31)38)33-29(39)23(12-15-27(36)37)32-26(35)14-8-18-6-9-20(10-7-18)24-16-21(17-40-24)19-4-2-1-3-5-19/h1-7,9-10,16,21-23H,8,11-15,17H2,(H2,30,34)(H2,31,38)(H,32,35)(H,33,39)(H,36,37)/t21-,22+,23+/m1/s1. The fourth-order valence-electron chi connectivity index (χ4n) is 4.27. The summed E-state index contributed by atoms with van der Waals surface area (Å²) in [5.74, 6) is -2.52. The Morgan fingerprint density at radius 3 is 2.17 bits per heavy atom. The molecule has 0 unspecified atom stereocenters. The molecule has 0 spiro atoms. The molecule has 0 saturated carbocycles. The van der Waals surface area contributed by atoms with Crippen LogP contribution in [0.5, 0.6) is 0 Å². The van der Waals surface area contributed by atoms with Gasteiger partial charge in [0.25, 0.3) is 0 Å². The molecule has 1 aliphatic rings. The molecule has 3 rings (SSSR count). The number of aryl methyl sites for hydroxylation is 1. The zero-order chi connectivity index (χ0) is 29.1. The second kappa shape index (κ2) is 14.9. The second-order valence-corrected chi connectivity index (χ2v) is 10.6. The highest BCUT2D eigenvalue weighted by Crippen LogP contribution is 2.41. The fraction of sp³-hybridized carbons (Fsp3) is 0.345. The molecule has 212 valence electrons. The number of rotatable bonds is 15. The van der Waals surface area contributed by atoms with E-state index in [1.807, 2.05) is 54.2 Å². The van der Waals surface area contributed by atoms with Gasteiger partial charge in [-0.25, -0.2) is 0 Å². The van der Waals surface area contributed by atoms with Crippen LogP contribution in [0, 0.1) is 0 Å². The molecule has 0 radical (unpaired) electrons. The zero-order valence-corrected chi connectivity index (χ0v) is 22.8. The second-order valence-electron chi connectivity index (χ2n) is 9.58. The van der Waals surface area contributed by atoms with E-state index in [4.69, 9.17) is 16.6 Å². The number of benzene rings is 2. The molecule has 0 aliphatic carbocycles. The number of primary amides is 2. The molecule has 7 N–H and O–H groups in total. The smallest absolute Gasteiger partial charge is 0.303 e. The summed E-state index contributed by atoms with van der Waals surface area (Å²) in [5.41, 5.74) is 13.7. The first kappa shape index (κ1) is 30.4. The van der Waals surface area contributed by atoms with Crippen molar-refractivity contribution in [1.29, 1.82) is 0 Å². The van der Waals surface area contributed by atoms with Gasteiger partial charge in [0, 0.05) is 35.8 Å². The molecule has 4 amide bonds. The number of allylic oxidation sites excluding steroid dienone is 1. The van der Waals surface area contributed by atoms with E-state index in [1.54, 1.807) is 0 Å². The number of thioether (sulfide) groups is 1. The molecular formula is C29H34N4O6S. The van der Waals surface area contributed by atoms with Crippen LogP contribution < -0.4 is 22.1 Å². The first-order chi connectivity index (χ1) is 19.1. The largest absolute Gasteiger partial charge is 0.481 e. The predicted octanol–water partition coefficient (Wildman–Crippen LogP) is 2.08. The molecular weight excluding hydrogens is 532 g/mol. The highest BCUT2D eigenvalue weighted by atomic mass is 32.2. The quantitative estimate of drug-likeness (QED) is 0.219. The summed E-state index contributed by atoms with van der Waals surface area (Å²) in [6.07, 6.45) is 1.94. The van der Waals surface area contributed by atoms with Crippen LogP contribution in [-0.2, 0) is 30.4 Å². The third-order valence-corrected chi connectivity index (χ3v) is 7.72. The number of hydrogen-bond acceptors (Lipinski definition) is 6. The maximum Gasteiger partial charge on any atom is 0.303 e. The summed E-state index contributed by atoms with van der Waals surface area (Å²) in [6.45, 7) is 0. The van der Waals surface area contributed by atoms with Crippen molar-refractivity contribution >= 4 is 46.3 Å². The molecule has 1 heterocycles. The summed E-state index contributed by atoms with van der Waals surface area (Å²) in [4.78, 5) is 60.4. The SMILES string of the molecule is NC(=O)CC[C@H](NC(=O)[C@H](CCC(=O)O)NC(=O)CCc1ccc(C2=C[C@@H](c3ccccc3)CS2)cc1)C(N)=O. The lowest BCUT2D eigenvalue weighted by molar-refractivity contribution is -0.138. The van der Waals surface area contributed by atoms with Crippen LogP contribution in [0.25, 0.3) is 4.91 Å². The molecule has 2 aromatic rings. The van der Waals surface area contributed by atoms with E-state index in [0.717, 1.165) is 16.9 Å². The number of carboxylic acids is 1. The Bertz CT molecular complexity index is 1250. The minimum Gasteiger partial charge on any atom is -0.481 e. The van der Waals surface area contributed by atoms with Crippen molar-refractivity contribution in [2.45, 2.75) is 56.5 Å². The van der Waals surface area contributed by atoms with Crippen LogP contribution >= 0.6 is 11.8 Å². The molecule has 10 nitrogen and oxygen atoms in total. The van der Waals surface area contributed by atoms with Gasteiger partial charge in [-0.05, 0) is 36.0 Å². The fourth-order valence-corrected chi connectivity index (χ4v) is 5.48. The Morgan fingerprint density at radius 1 is 0.875 bits per heavy atom. The van der Waals surface area contributed by atoms with Crippen molar-refractivity contribution < 1.29 is 29.1 Å². The molecule has 0 saturated heterocycles. The topological polar surface area (TPSA) is 182 Å². The van der Waals surface area contributed by atoms with Gasteiger partial charge in [0.1, 0.15) is 12.1 Å². The maximum atomic E-state index is 12.8. The minimum absolute atomic E-state index is 0.0741.